The highest BCUT2D eigenvalue weighted by molar-refractivity contribution is 5.66. The number of esters is 1. The molecular formula is C27H44O5. The molecule has 1 aromatic rings. The number of hydrogen-bond acceptors (Lipinski definition) is 4. The highest BCUT2D eigenvalue weighted by Crippen LogP contribution is 2.21. The van der Waals surface area contributed by atoms with Crippen LogP contribution in [0.2, 0.25) is 0 Å². The highest BCUT2D eigenvalue weighted by Gasteiger charge is 2.25. The maximum Gasteiger partial charge on any atom is 0.303 e. The van der Waals surface area contributed by atoms with Crippen LogP contribution in [0.25, 0.3) is 0 Å². The largest absolute Gasteiger partial charge is 0.481 e. The minimum Gasteiger partial charge on any atom is -0.481 e. The van der Waals surface area contributed by atoms with Crippen LogP contribution in [0.3, 0.4) is 0 Å². The summed E-state index contributed by atoms with van der Waals surface area (Å²) < 4.78 is 11.9. The number of rotatable bonds is 20. The first-order valence-electron chi connectivity index (χ1n) is 12.6. The van der Waals surface area contributed by atoms with Gasteiger partial charge in [-0.3, -0.25) is 9.59 Å². The summed E-state index contributed by atoms with van der Waals surface area (Å²) in [6, 6.07) is 9.96. The third-order valence-corrected chi connectivity index (χ3v) is 5.76. The van der Waals surface area contributed by atoms with Crippen LogP contribution in [0.4, 0.5) is 0 Å². The van der Waals surface area contributed by atoms with E-state index in [1.165, 1.54) is 51.9 Å². The lowest BCUT2D eigenvalue weighted by atomic mass is 9.99. The summed E-state index contributed by atoms with van der Waals surface area (Å²) in [5.41, 5.74) is 1.08. The second-order valence-corrected chi connectivity index (χ2v) is 8.74. The summed E-state index contributed by atoms with van der Waals surface area (Å²) >= 11 is 0. The zero-order valence-electron chi connectivity index (χ0n) is 20.2. The average Bonchev–Trinajstić information content (AvgIpc) is 2.77. The molecule has 0 saturated heterocycles. The lowest BCUT2D eigenvalue weighted by molar-refractivity contribution is -0.157. The highest BCUT2D eigenvalue weighted by atomic mass is 16.6. The van der Waals surface area contributed by atoms with Gasteiger partial charge in [0.2, 0.25) is 0 Å². The molecule has 0 aliphatic carbocycles. The summed E-state index contributed by atoms with van der Waals surface area (Å²) in [5.74, 6) is -1.07. The Morgan fingerprint density at radius 2 is 1.38 bits per heavy atom. The third kappa shape index (κ3) is 15.0. The lowest BCUT2D eigenvalue weighted by Crippen LogP contribution is -2.33. The third-order valence-electron chi connectivity index (χ3n) is 5.76. The fourth-order valence-electron chi connectivity index (χ4n) is 3.97. The topological polar surface area (TPSA) is 72.8 Å². The molecule has 0 saturated carbocycles. The number of unbranched alkanes of at least 4 members (excludes halogenated alkanes) is 9. The van der Waals surface area contributed by atoms with Gasteiger partial charge in [-0.2, -0.15) is 0 Å². The number of benzene rings is 1. The Morgan fingerprint density at radius 1 is 0.812 bits per heavy atom. The molecule has 0 bridgehead atoms. The zero-order chi connectivity index (χ0) is 23.4. The van der Waals surface area contributed by atoms with Crippen LogP contribution in [-0.4, -0.2) is 29.3 Å². The summed E-state index contributed by atoms with van der Waals surface area (Å²) in [6.45, 7) is 4.14. The first kappa shape index (κ1) is 28.2. The maximum absolute atomic E-state index is 11.8. The van der Waals surface area contributed by atoms with E-state index in [4.69, 9.17) is 14.6 Å². The summed E-state index contributed by atoms with van der Waals surface area (Å²) in [5, 5.41) is 8.91. The van der Waals surface area contributed by atoms with Crippen molar-refractivity contribution in [2.24, 2.45) is 0 Å². The molecule has 0 aromatic heterocycles. The van der Waals surface area contributed by atoms with Crippen molar-refractivity contribution in [3.8, 4) is 0 Å². The maximum atomic E-state index is 11.8. The molecule has 1 N–H and O–H groups in total. The monoisotopic (exact) mass is 448 g/mol. The Balaban J connectivity index is 2.53. The number of carbonyl (C=O) groups excluding carboxylic acids is 1. The molecule has 0 aliphatic rings. The smallest absolute Gasteiger partial charge is 0.303 e. The number of aliphatic carboxylic acids is 1. The van der Waals surface area contributed by atoms with Crippen molar-refractivity contribution in [1.82, 2.24) is 0 Å². The van der Waals surface area contributed by atoms with Gasteiger partial charge < -0.3 is 14.6 Å². The van der Waals surface area contributed by atoms with E-state index in [0.29, 0.717) is 19.4 Å². The van der Waals surface area contributed by atoms with Crippen molar-refractivity contribution in [2.75, 3.05) is 0 Å². The molecule has 0 spiro atoms. The molecule has 2 unspecified atom stereocenters. The first-order valence-corrected chi connectivity index (χ1v) is 12.6. The van der Waals surface area contributed by atoms with Crippen LogP contribution in [0, 0.1) is 0 Å². The van der Waals surface area contributed by atoms with Gasteiger partial charge in [-0.15, -0.1) is 0 Å². The van der Waals surface area contributed by atoms with E-state index in [1.807, 2.05) is 30.3 Å². The van der Waals surface area contributed by atoms with Gasteiger partial charge in [-0.05, 0) is 31.2 Å². The molecule has 1 aromatic carbocycles. The van der Waals surface area contributed by atoms with Crippen LogP contribution < -0.4 is 0 Å². The van der Waals surface area contributed by atoms with E-state index in [0.717, 1.165) is 31.2 Å². The number of carbonyl (C=O) groups is 2. The molecule has 32 heavy (non-hydrogen) atoms. The van der Waals surface area contributed by atoms with Crippen LogP contribution >= 0.6 is 0 Å². The van der Waals surface area contributed by atoms with E-state index in [2.05, 4.69) is 6.92 Å². The Labute approximate surface area is 194 Å². The van der Waals surface area contributed by atoms with Crippen molar-refractivity contribution in [2.45, 2.75) is 123 Å². The number of ether oxygens (including phenoxy) is 2. The minimum atomic E-state index is -0.780. The SMILES string of the molecule is CCCCCCCCCCCC(OC(C)=O)C(CCCCC(=O)O)OCc1ccccc1. The Morgan fingerprint density at radius 3 is 1.97 bits per heavy atom. The van der Waals surface area contributed by atoms with Crippen molar-refractivity contribution in [3.05, 3.63) is 35.9 Å². The number of carboxylic acid groups (broad SMARTS) is 1. The van der Waals surface area contributed by atoms with Gasteiger partial charge in [0, 0.05) is 13.3 Å². The van der Waals surface area contributed by atoms with Crippen LogP contribution in [-0.2, 0) is 25.7 Å². The molecule has 2 atom stereocenters. The van der Waals surface area contributed by atoms with E-state index in [9.17, 15) is 9.59 Å². The average molecular weight is 449 g/mol. The first-order chi connectivity index (χ1) is 15.5. The fourth-order valence-corrected chi connectivity index (χ4v) is 3.97. The van der Waals surface area contributed by atoms with Gasteiger partial charge >= 0.3 is 11.9 Å². The van der Waals surface area contributed by atoms with Crippen LogP contribution in [0.1, 0.15) is 109 Å². The Bertz CT molecular complexity index is 601. The lowest BCUT2D eigenvalue weighted by Gasteiger charge is -2.27. The normalized spacial score (nSPS) is 12.9. The number of carboxylic acids is 1. The quantitative estimate of drug-likeness (QED) is 0.171. The molecule has 5 heteroatoms. The van der Waals surface area contributed by atoms with Gasteiger partial charge in [-0.25, -0.2) is 0 Å². The van der Waals surface area contributed by atoms with Crippen molar-refractivity contribution >= 4 is 11.9 Å². The molecule has 1 rings (SSSR count). The van der Waals surface area contributed by atoms with E-state index >= 15 is 0 Å². The molecule has 0 fully saturated rings. The van der Waals surface area contributed by atoms with E-state index in [-0.39, 0.29) is 24.6 Å². The molecule has 0 heterocycles. The van der Waals surface area contributed by atoms with Crippen LogP contribution in [0.5, 0.6) is 0 Å². The summed E-state index contributed by atoms with van der Waals surface area (Å²) in [4.78, 5) is 22.6. The molecular weight excluding hydrogens is 404 g/mol. The molecule has 182 valence electrons. The second-order valence-electron chi connectivity index (χ2n) is 8.74. The van der Waals surface area contributed by atoms with E-state index < -0.39 is 5.97 Å². The van der Waals surface area contributed by atoms with Crippen molar-refractivity contribution in [3.63, 3.8) is 0 Å². The molecule has 5 nitrogen and oxygen atoms in total. The summed E-state index contributed by atoms with van der Waals surface area (Å²) in [7, 11) is 0. The Kier molecular flexibility index (Phi) is 16.4. The van der Waals surface area contributed by atoms with Gasteiger partial charge in [0.15, 0.2) is 0 Å². The molecule has 0 radical (unpaired) electrons. The van der Waals surface area contributed by atoms with Crippen molar-refractivity contribution in [1.29, 1.82) is 0 Å². The second kappa shape index (κ2) is 18.7. The van der Waals surface area contributed by atoms with Crippen LogP contribution in [0.15, 0.2) is 30.3 Å². The molecule has 0 amide bonds. The zero-order valence-corrected chi connectivity index (χ0v) is 20.2. The van der Waals surface area contributed by atoms with Gasteiger partial charge in [-0.1, -0.05) is 95.0 Å². The predicted molar refractivity (Wildman–Crippen MR) is 129 cm³/mol. The van der Waals surface area contributed by atoms with Crippen molar-refractivity contribution < 1.29 is 24.2 Å². The summed E-state index contributed by atoms with van der Waals surface area (Å²) in [6.07, 6.45) is 13.7. The van der Waals surface area contributed by atoms with E-state index in [1.54, 1.807) is 0 Å². The van der Waals surface area contributed by atoms with Gasteiger partial charge in [0.1, 0.15) is 6.10 Å². The molecule has 0 aliphatic heterocycles. The number of hydrogen-bond donors (Lipinski definition) is 1. The van der Waals surface area contributed by atoms with Gasteiger partial charge in [0.05, 0.1) is 12.7 Å². The standard InChI is InChI=1S/C27H44O5/c1-3-4-5-6-7-8-9-10-14-20-26(32-23(2)28)25(19-15-16-21-27(29)30)31-22-24-17-12-11-13-18-24/h11-13,17-18,25-26H,3-10,14-16,19-22H2,1-2H3,(H,29,30). The fraction of sp³-hybridized carbons (Fsp3) is 0.704. The minimum absolute atomic E-state index is 0.155. The predicted octanol–water partition coefficient (Wildman–Crippen LogP) is 7.07. The van der Waals surface area contributed by atoms with Gasteiger partial charge in [0.25, 0.3) is 0 Å². The Hall–Kier alpha value is -1.88.